The number of non-ortho nitro benzene ring substituents is 1. The van der Waals surface area contributed by atoms with E-state index in [-0.39, 0.29) is 23.2 Å². The molecule has 0 fully saturated rings. The summed E-state index contributed by atoms with van der Waals surface area (Å²) >= 11 is 0. The van der Waals surface area contributed by atoms with Gasteiger partial charge < -0.3 is 10.2 Å². The van der Waals surface area contributed by atoms with E-state index < -0.39 is 4.92 Å². The molecule has 2 aromatic rings. The molecule has 6 nitrogen and oxygen atoms in total. The van der Waals surface area contributed by atoms with Crippen LogP contribution in [0.3, 0.4) is 0 Å². The molecule has 6 heteroatoms. The van der Waals surface area contributed by atoms with E-state index in [1.165, 1.54) is 12.1 Å². The van der Waals surface area contributed by atoms with Crippen LogP contribution < -0.4 is 10.2 Å². The maximum atomic E-state index is 12.6. The lowest BCUT2D eigenvalue weighted by Crippen LogP contribution is -2.28. The van der Waals surface area contributed by atoms with Crippen LogP contribution in [0.2, 0.25) is 0 Å². The summed E-state index contributed by atoms with van der Waals surface area (Å²) in [5.41, 5.74) is 1.78. The zero-order valence-electron chi connectivity index (χ0n) is 13.3. The Kier molecular flexibility index (Phi) is 4.95. The summed E-state index contributed by atoms with van der Waals surface area (Å²) in [6.45, 7) is 1.87. The van der Waals surface area contributed by atoms with Crippen LogP contribution in [-0.4, -0.2) is 24.9 Å². The van der Waals surface area contributed by atoms with Gasteiger partial charge >= 0.3 is 0 Å². The highest BCUT2D eigenvalue weighted by atomic mass is 16.6. The summed E-state index contributed by atoms with van der Waals surface area (Å²) in [5.74, 6) is -0.339. The third kappa shape index (κ3) is 3.85. The van der Waals surface area contributed by atoms with Gasteiger partial charge in [0.2, 0.25) is 0 Å². The second-order valence-corrected chi connectivity index (χ2v) is 5.46. The van der Waals surface area contributed by atoms with Crippen molar-refractivity contribution < 1.29 is 9.72 Å². The molecular formula is C17H19N3O3. The Morgan fingerprint density at radius 1 is 1.17 bits per heavy atom. The number of carbonyl (C=O) groups is 1. The number of nitrogens with zero attached hydrogens (tertiary/aromatic N) is 2. The molecule has 0 saturated carbocycles. The highest BCUT2D eigenvalue weighted by Gasteiger charge is 2.19. The van der Waals surface area contributed by atoms with Crippen LogP contribution in [0.1, 0.15) is 28.9 Å². The molecule has 2 rings (SSSR count). The minimum atomic E-state index is -0.503. The standard InChI is InChI=1S/C17H19N3O3/c1-12(13-7-5-4-6-8-13)18-17(21)15-11-14(20(22)23)9-10-16(15)19(2)3/h4-12H,1-3H3,(H,18,21)/t12-/m1/s1. The average molecular weight is 313 g/mol. The summed E-state index contributed by atoms with van der Waals surface area (Å²) < 4.78 is 0. The number of rotatable bonds is 5. The van der Waals surface area contributed by atoms with Crippen molar-refractivity contribution in [1.82, 2.24) is 5.32 Å². The van der Waals surface area contributed by atoms with Crippen molar-refractivity contribution in [3.8, 4) is 0 Å². The average Bonchev–Trinajstić information content (AvgIpc) is 2.54. The Morgan fingerprint density at radius 2 is 1.83 bits per heavy atom. The molecule has 1 atom stereocenters. The topological polar surface area (TPSA) is 75.5 Å². The van der Waals surface area contributed by atoms with E-state index in [4.69, 9.17) is 0 Å². The fourth-order valence-corrected chi connectivity index (χ4v) is 2.31. The number of amides is 1. The van der Waals surface area contributed by atoms with Gasteiger partial charge in [0.05, 0.1) is 16.5 Å². The maximum absolute atomic E-state index is 12.6. The first-order valence-corrected chi connectivity index (χ1v) is 7.21. The van der Waals surface area contributed by atoms with Crippen molar-refractivity contribution in [2.45, 2.75) is 13.0 Å². The number of nitro groups is 1. The van der Waals surface area contributed by atoms with Gasteiger partial charge in [0.1, 0.15) is 0 Å². The number of nitrogens with one attached hydrogen (secondary N) is 1. The lowest BCUT2D eigenvalue weighted by Gasteiger charge is -2.19. The molecule has 23 heavy (non-hydrogen) atoms. The van der Waals surface area contributed by atoms with Gasteiger partial charge in [-0.3, -0.25) is 14.9 Å². The third-order valence-electron chi connectivity index (χ3n) is 3.56. The van der Waals surface area contributed by atoms with Crippen molar-refractivity contribution in [2.24, 2.45) is 0 Å². The molecule has 2 aromatic carbocycles. The monoisotopic (exact) mass is 313 g/mol. The second kappa shape index (κ2) is 6.91. The zero-order valence-corrected chi connectivity index (χ0v) is 13.3. The van der Waals surface area contributed by atoms with Gasteiger partial charge in [-0.15, -0.1) is 0 Å². The van der Waals surface area contributed by atoms with Gasteiger partial charge in [0.15, 0.2) is 0 Å². The Bertz CT molecular complexity index is 714. The van der Waals surface area contributed by atoms with E-state index in [9.17, 15) is 14.9 Å². The van der Waals surface area contributed by atoms with E-state index >= 15 is 0 Å². The van der Waals surface area contributed by atoms with Crippen molar-refractivity contribution in [2.75, 3.05) is 19.0 Å². The minimum absolute atomic E-state index is 0.104. The largest absolute Gasteiger partial charge is 0.377 e. The Hall–Kier alpha value is -2.89. The number of hydrogen-bond donors (Lipinski definition) is 1. The summed E-state index contributed by atoms with van der Waals surface area (Å²) in [6.07, 6.45) is 0. The lowest BCUT2D eigenvalue weighted by atomic mass is 10.1. The van der Waals surface area contributed by atoms with Gasteiger partial charge in [-0.1, -0.05) is 30.3 Å². The summed E-state index contributed by atoms with van der Waals surface area (Å²) in [7, 11) is 3.58. The van der Waals surface area contributed by atoms with Gasteiger partial charge in [-0.25, -0.2) is 0 Å². The van der Waals surface area contributed by atoms with Crippen LogP contribution >= 0.6 is 0 Å². The van der Waals surface area contributed by atoms with Crippen LogP contribution in [0.15, 0.2) is 48.5 Å². The van der Waals surface area contributed by atoms with Crippen molar-refractivity contribution in [3.05, 3.63) is 69.8 Å². The van der Waals surface area contributed by atoms with Gasteiger partial charge in [0, 0.05) is 31.9 Å². The molecule has 0 unspecified atom stereocenters. The predicted octanol–water partition coefficient (Wildman–Crippen LogP) is 3.15. The maximum Gasteiger partial charge on any atom is 0.270 e. The zero-order chi connectivity index (χ0) is 17.0. The highest BCUT2D eigenvalue weighted by Crippen LogP contribution is 2.25. The molecule has 0 saturated heterocycles. The van der Waals surface area contributed by atoms with E-state index in [1.807, 2.05) is 37.3 Å². The molecule has 0 heterocycles. The molecular weight excluding hydrogens is 294 g/mol. The fourth-order valence-electron chi connectivity index (χ4n) is 2.31. The predicted molar refractivity (Wildman–Crippen MR) is 89.7 cm³/mol. The van der Waals surface area contributed by atoms with Gasteiger partial charge in [-0.2, -0.15) is 0 Å². The van der Waals surface area contributed by atoms with Crippen LogP contribution in [-0.2, 0) is 0 Å². The number of anilines is 1. The smallest absolute Gasteiger partial charge is 0.270 e. The Labute approximate surface area is 134 Å². The molecule has 1 amide bonds. The van der Waals surface area contributed by atoms with Gasteiger partial charge in [-0.05, 0) is 18.6 Å². The number of hydrogen-bond acceptors (Lipinski definition) is 4. The van der Waals surface area contributed by atoms with E-state index in [2.05, 4.69) is 5.32 Å². The number of carbonyl (C=O) groups excluding carboxylic acids is 1. The van der Waals surface area contributed by atoms with Crippen molar-refractivity contribution in [1.29, 1.82) is 0 Å². The van der Waals surface area contributed by atoms with Crippen molar-refractivity contribution in [3.63, 3.8) is 0 Å². The van der Waals surface area contributed by atoms with Crippen molar-refractivity contribution >= 4 is 17.3 Å². The molecule has 0 spiro atoms. The first-order chi connectivity index (χ1) is 10.9. The van der Waals surface area contributed by atoms with Crippen LogP contribution in [0.4, 0.5) is 11.4 Å². The first-order valence-electron chi connectivity index (χ1n) is 7.21. The summed E-state index contributed by atoms with van der Waals surface area (Å²) in [4.78, 5) is 24.8. The lowest BCUT2D eigenvalue weighted by molar-refractivity contribution is -0.384. The number of nitro benzene ring substituents is 1. The van der Waals surface area contributed by atoms with Crippen LogP contribution in [0, 0.1) is 10.1 Å². The minimum Gasteiger partial charge on any atom is -0.377 e. The summed E-state index contributed by atoms with van der Waals surface area (Å²) in [5, 5.41) is 13.8. The SMILES string of the molecule is C[C@@H](NC(=O)c1cc([N+](=O)[O-])ccc1N(C)C)c1ccccc1. The molecule has 0 aromatic heterocycles. The van der Waals surface area contributed by atoms with E-state index in [0.717, 1.165) is 5.56 Å². The molecule has 120 valence electrons. The molecule has 0 aliphatic heterocycles. The molecule has 1 N–H and O–H groups in total. The van der Waals surface area contributed by atoms with Crippen LogP contribution in [0.25, 0.3) is 0 Å². The molecule has 0 radical (unpaired) electrons. The summed E-state index contributed by atoms with van der Waals surface area (Å²) in [6, 6.07) is 13.6. The molecule has 0 bridgehead atoms. The Morgan fingerprint density at radius 3 is 2.39 bits per heavy atom. The third-order valence-corrected chi connectivity index (χ3v) is 3.56. The van der Waals surface area contributed by atoms with E-state index in [1.54, 1.807) is 25.1 Å². The highest BCUT2D eigenvalue weighted by molar-refractivity contribution is 6.00. The fraction of sp³-hybridized carbons (Fsp3) is 0.235. The number of benzene rings is 2. The van der Waals surface area contributed by atoms with E-state index in [0.29, 0.717) is 5.69 Å². The van der Waals surface area contributed by atoms with Gasteiger partial charge in [0.25, 0.3) is 11.6 Å². The molecule has 0 aliphatic carbocycles. The molecule has 0 aliphatic rings. The quantitative estimate of drug-likeness (QED) is 0.679. The Balaban J connectivity index is 2.30. The second-order valence-electron chi connectivity index (χ2n) is 5.46. The first kappa shape index (κ1) is 16.5. The van der Waals surface area contributed by atoms with Crippen LogP contribution in [0.5, 0.6) is 0 Å². The normalized spacial score (nSPS) is 11.6.